The first-order valence-electron chi connectivity index (χ1n) is 4.34. The zero-order valence-corrected chi connectivity index (χ0v) is 7.70. The second kappa shape index (κ2) is 5.34. The highest BCUT2D eigenvalue weighted by atomic mass is 19.1. The van der Waals surface area contributed by atoms with Gasteiger partial charge in [0.2, 0.25) is 0 Å². The van der Waals surface area contributed by atoms with E-state index in [2.05, 4.69) is 4.84 Å². The molecule has 0 unspecified atom stereocenters. The number of nitrogens with two attached hydrogens (primary N) is 1. The minimum Gasteiger partial charge on any atom is -0.370 e. The topological polar surface area (TPSA) is 52.3 Å². The molecule has 1 rings (SSSR count). The maximum atomic E-state index is 12.0. The average molecular weight is 197 g/mol. The van der Waals surface area contributed by atoms with E-state index in [4.69, 9.17) is 5.90 Å². The number of aryl methyl sites for hydroxylation is 1. The van der Waals surface area contributed by atoms with Crippen molar-refractivity contribution in [2.45, 2.75) is 12.8 Å². The Morgan fingerprint density at radius 2 is 2.14 bits per heavy atom. The molecule has 0 fully saturated rings. The third-order valence-electron chi connectivity index (χ3n) is 1.92. The van der Waals surface area contributed by atoms with Gasteiger partial charge in [0.05, 0.1) is 12.2 Å². The predicted octanol–water partition coefficient (Wildman–Crippen LogP) is 1.62. The van der Waals surface area contributed by atoms with Crippen molar-refractivity contribution in [1.29, 1.82) is 0 Å². The van der Waals surface area contributed by atoms with E-state index in [9.17, 15) is 9.18 Å². The molecule has 0 bridgehead atoms. The molecule has 76 valence electrons. The largest absolute Gasteiger partial charge is 0.370 e. The van der Waals surface area contributed by atoms with Crippen molar-refractivity contribution < 1.29 is 14.0 Å². The highest BCUT2D eigenvalue weighted by Gasteiger charge is 2.10. The molecule has 14 heavy (non-hydrogen) atoms. The van der Waals surface area contributed by atoms with Crippen LogP contribution in [0.25, 0.3) is 0 Å². The van der Waals surface area contributed by atoms with E-state index < -0.39 is 12.6 Å². The molecule has 1 aromatic carbocycles. The van der Waals surface area contributed by atoms with E-state index in [1.807, 2.05) is 0 Å². The van der Waals surface area contributed by atoms with Gasteiger partial charge in [-0.3, -0.25) is 4.39 Å². The van der Waals surface area contributed by atoms with Crippen LogP contribution < -0.4 is 5.90 Å². The number of carbonyl (C=O) groups excluding carboxylic acids is 1. The van der Waals surface area contributed by atoms with Gasteiger partial charge < -0.3 is 4.84 Å². The van der Waals surface area contributed by atoms with Crippen LogP contribution in [0.4, 0.5) is 4.39 Å². The SMILES string of the molecule is NOC(=O)c1ccccc1CCCF. The Morgan fingerprint density at radius 3 is 2.79 bits per heavy atom. The Morgan fingerprint density at radius 1 is 1.43 bits per heavy atom. The summed E-state index contributed by atoms with van der Waals surface area (Å²) in [6.07, 6.45) is 0.913. The van der Waals surface area contributed by atoms with Gasteiger partial charge in [-0.15, -0.1) is 0 Å². The predicted molar refractivity (Wildman–Crippen MR) is 50.3 cm³/mol. The van der Waals surface area contributed by atoms with Crippen LogP contribution in [0, 0.1) is 0 Å². The summed E-state index contributed by atoms with van der Waals surface area (Å²) in [7, 11) is 0. The third kappa shape index (κ3) is 2.53. The summed E-state index contributed by atoms with van der Waals surface area (Å²) in [6, 6.07) is 6.89. The van der Waals surface area contributed by atoms with E-state index in [1.54, 1.807) is 24.3 Å². The molecule has 0 amide bonds. The molecule has 0 aliphatic rings. The van der Waals surface area contributed by atoms with E-state index in [0.29, 0.717) is 18.4 Å². The number of hydrogen-bond donors (Lipinski definition) is 1. The first-order chi connectivity index (χ1) is 6.79. The molecular weight excluding hydrogens is 185 g/mol. The highest BCUT2D eigenvalue weighted by Crippen LogP contribution is 2.11. The van der Waals surface area contributed by atoms with Crippen LogP contribution in [0.15, 0.2) is 24.3 Å². The Bertz CT molecular complexity index is 315. The summed E-state index contributed by atoms with van der Waals surface area (Å²) in [5.41, 5.74) is 1.17. The number of carbonyl (C=O) groups is 1. The Hall–Kier alpha value is -1.42. The summed E-state index contributed by atoms with van der Waals surface area (Å²) in [6.45, 7) is -0.397. The van der Waals surface area contributed by atoms with Gasteiger partial charge in [-0.25, -0.2) is 4.79 Å². The molecule has 0 radical (unpaired) electrons. The normalized spacial score (nSPS) is 9.86. The van der Waals surface area contributed by atoms with Crippen molar-refractivity contribution in [3.8, 4) is 0 Å². The first kappa shape index (κ1) is 10.7. The zero-order valence-electron chi connectivity index (χ0n) is 7.70. The second-order valence-corrected chi connectivity index (χ2v) is 2.85. The van der Waals surface area contributed by atoms with Crippen LogP contribution in [-0.2, 0) is 11.3 Å². The highest BCUT2D eigenvalue weighted by molar-refractivity contribution is 5.90. The number of rotatable bonds is 4. The molecule has 0 atom stereocenters. The van der Waals surface area contributed by atoms with Crippen LogP contribution in [-0.4, -0.2) is 12.6 Å². The summed E-state index contributed by atoms with van der Waals surface area (Å²) >= 11 is 0. The van der Waals surface area contributed by atoms with Crippen molar-refractivity contribution in [3.05, 3.63) is 35.4 Å². The standard InChI is InChI=1S/C10H12FNO2/c11-7-3-5-8-4-1-2-6-9(8)10(13)14-12/h1-2,4,6H,3,5,7,12H2. The van der Waals surface area contributed by atoms with Crippen LogP contribution in [0.1, 0.15) is 22.3 Å². The van der Waals surface area contributed by atoms with Crippen molar-refractivity contribution >= 4 is 5.97 Å². The van der Waals surface area contributed by atoms with Gasteiger partial charge in [-0.05, 0) is 24.5 Å². The van der Waals surface area contributed by atoms with Gasteiger partial charge in [0.1, 0.15) is 0 Å². The molecule has 4 heteroatoms. The summed E-state index contributed by atoms with van der Waals surface area (Å²) in [4.78, 5) is 15.3. The van der Waals surface area contributed by atoms with Gasteiger partial charge in [0, 0.05) is 0 Å². The Balaban J connectivity index is 2.85. The molecule has 0 saturated heterocycles. The molecule has 0 saturated carbocycles. The lowest BCUT2D eigenvalue weighted by atomic mass is 10.0. The smallest absolute Gasteiger partial charge is 0.356 e. The van der Waals surface area contributed by atoms with Crippen molar-refractivity contribution in [3.63, 3.8) is 0 Å². The zero-order chi connectivity index (χ0) is 10.4. The maximum Gasteiger partial charge on any atom is 0.356 e. The van der Waals surface area contributed by atoms with Gasteiger partial charge in [-0.2, -0.15) is 5.90 Å². The Labute approximate surface area is 81.6 Å². The molecule has 3 nitrogen and oxygen atoms in total. The molecule has 0 spiro atoms. The van der Waals surface area contributed by atoms with Gasteiger partial charge in [0.15, 0.2) is 0 Å². The molecule has 0 aliphatic carbocycles. The monoisotopic (exact) mass is 197 g/mol. The molecule has 0 aliphatic heterocycles. The summed E-state index contributed by atoms with van der Waals surface area (Å²) in [5.74, 6) is 4.19. The van der Waals surface area contributed by atoms with Crippen LogP contribution in [0.2, 0.25) is 0 Å². The minimum absolute atomic E-state index is 0.397. The lowest BCUT2D eigenvalue weighted by Crippen LogP contribution is -2.12. The summed E-state index contributed by atoms with van der Waals surface area (Å²) < 4.78 is 12.0. The minimum atomic E-state index is -0.584. The number of benzene rings is 1. The van der Waals surface area contributed by atoms with Crippen LogP contribution in [0.3, 0.4) is 0 Å². The number of halogens is 1. The van der Waals surface area contributed by atoms with Crippen molar-refractivity contribution in [2.24, 2.45) is 5.90 Å². The number of hydrogen-bond acceptors (Lipinski definition) is 3. The number of alkyl halides is 1. The molecule has 0 heterocycles. The fourth-order valence-corrected chi connectivity index (χ4v) is 1.26. The van der Waals surface area contributed by atoms with E-state index in [1.165, 1.54) is 0 Å². The summed E-state index contributed by atoms with van der Waals surface area (Å²) in [5, 5.41) is 0. The lowest BCUT2D eigenvalue weighted by molar-refractivity contribution is 0.0502. The first-order valence-corrected chi connectivity index (χ1v) is 4.34. The molecule has 0 aromatic heterocycles. The molecule has 2 N–H and O–H groups in total. The fraction of sp³-hybridized carbons (Fsp3) is 0.300. The van der Waals surface area contributed by atoms with Gasteiger partial charge >= 0.3 is 5.97 Å². The van der Waals surface area contributed by atoms with E-state index in [-0.39, 0.29) is 0 Å². The van der Waals surface area contributed by atoms with Gasteiger partial charge in [-0.1, -0.05) is 18.2 Å². The third-order valence-corrected chi connectivity index (χ3v) is 1.92. The van der Waals surface area contributed by atoms with Crippen LogP contribution >= 0.6 is 0 Å². The quantitative estimate of drug-likeness (QED) is 0.746. The molecule has 1 aromatic rings. The van der Waals surface area contributed by atoms with E-state index >= 15 is 0 Å². The van der Waals surface area contributed by atoms with Crippen molar-refractivity contribution in [1.82, 2.24) is 0 Å². The maximum absolute atomic E-state index is 12.0. The average Bonchev–Trinajstić information content (AvgIpc) is 2.25. The molecular formula is C10H12FNO2. The second-order valence-electron chi connectivity index (χ2n) is 2.85. The Kier molecular flexibility index (Phi) is 4.07. The van der Waals surface area contributed by atoms with Crippen LogP contribution in [0.5, 0.6) is 0 Å². The lowest BCUT2D eigenvalue weighted by Gasteiger charge is -2.05. The van der Waals surface area contributed by atoms with Crippen molar-refractivity contribution in [2.75, 3.05) is 6.67 Å². The fourth-order valence-electron chi connectivity index (χ4n) is 1.26. The van der Waals surface area contributed by atoms with E-state index in [0.717, 1.165) is 5.56 Å². The van der Waals surface area contributed by atoms with Gasteiger partial charge in [0.25, 0.3) is 0 Å².